The molecule has 2 atom stereocenters. The van der Waals surface area contributed by atoms with Gasteiger partial charge in [0, 0.05) is 19.3 Å². The SMILES string of the molecule is Nc1cncc(N2CCC(O)C(O)C2)c1. The van der Waals surface area contributed by atoms with Gasteiger partial charge in [-0.05, 0) is 12.5 Å². The lowest BCUT2D eigenvalue weighted by Gasteiger charge is -2.34. The molecule has 15 heavy (non-hydrogen) atoms. The molecular weight excluding hydrogens is 194 g/mol. The molecule has 1 aromatic rings. The Morgan fingerprint density at radius 3 is 2.80 bits per heavy atom. The average molecular weight is 209 g/mol. The summed E-state index contributed by atoms with van der Waals surface area (Å²) < 4.78 is 0. The molecule has 4 N–H and O–H groups in total. The first-order chi connectivity index (χ1) is 7.16. The van der Waals surface area contributed by atoms with Gasteiger partial charge >= 0.3 is 0 Å². The highest BCUT2D eigenvalue weighted by atomic mass is 16.3. The van der Waals surface area contributed by atoms with Crippen molar-refractivity contribution in [2.75, 3.05) is 23.7 Å². The van der Waals surface area contributed by atoms with Crippen molar-refractivity contribution in [3.63, 3.8) is 0 Å². The zero-order valence-corrected chi connectivity index (χ0v) is 8.37. The number of aromatic nitrogens is 1. The van der Waals surface area contributed by atoms with E-state index < -0.39 is 12.2 Å². The number of anilines is 2. The van der Waals surface area contributed by atoms with E-state index in [0.29, 0.717) is 25.2 Å². The summed E-state index contributed by atoms with van der Waals surface area (Å²) in [7, 11) is 0. The van der Waals surface area contributed by atoms with Gasteiger partial charge in [0.2, 0.25) is 0 Å². The summed E-state index contributed by atoms with van der Waals surface area (Å²) in [5.74, 6) is 0. The van der Waals surface area contributed by atoms with Crippen LogP contribution in [0.3, 0.4) is 0 Å². The van der Waals surface area contributed by atoms with E-state index in [0.717, 1.165) is 5.69 Å². The van der Waals surface area contributed by atoms with E-state index in [4.69, 9.17) is 5.73 Å². The number of pyridine rings is 1. The number of aliphatic hydroxyl groups is 2. The second kappa shape index (κ2) is 4.04. The summed E-state index contributed by atoms with van der Waals surface area (Å²) in [6.45, 7) is 1.13. The van der Waals surface area contributed by atoms with Gasteiger partial charge in [-0.1, -0.05) is 0 Å². The van der Waals surface area contributed by atoms with Gasteiger partial charge in [-0.3, -0.25) is 4.98 Å². The fourth-order valence-electron chi connectivity index (χ4n) is 1.77. The zero-order chi connectivity index (χ0) is 10.8. The van der Waals surface area contributed by atoms with Crippen LogP contribution < -0.4 is 10.6 Å². The number of hydrogen-bond donors (Lipinski definition) is 3. The Morgan fingerprint density at radius 1 is 1.33 bits per heavy atom. The molecule has 0 spiro atoms. The van der Waals surface area contributed by atoms with E-state index in [-0.39, 0.29) is 0 Å². The van der Waals surface area contributed by atoms with Crippen molar-refractivity contribution in [1.82, 2.24) is 4.98 Å². The van der Waals surface area contributed by atoms with Crippen LogP contribution in [0, 0.1) is 0 Å². The van der Waals surface area contributed by atoms with E-state index in [9.17, 15) is 10.2 Å². The molecule has 0 amide bonds. The average Bonchev–Trinajstić information content (AvgIpc) is 2.22. The molecule has 2 heterocycles. The maximum atomic E-state index is 9.54. The van der Waals surface area contributed by atoms with Crippen molar-refractivity contribution < 1.29 is 10.2 Å². The summed E-state index contributed by atoms with van der Waals surface area (Å²) in [5.41, 5.74) is 7.12. The largest absolute Gasteiger partial charge is 0.397 e. The smallest absolute Gasteiger partial charge is 0.0974 e. The second-order valence-electron chi connectivity index (χ2n) is 3.85. The second-order valence-corrected chi connectivity index (χ2v) is 3.85. The lowest BCUT2D eigenvalue weighted by Crippen LogP contribution is -2.46. The highest BCUT2D eigenvalue weighted by Gasteiger charge is 2.25. The van der Waals surface area contributed by atoms with E-state index in [1.807, 2.05) is 11.0 Å². The molecule has 1 aliphatic heterocycles. The molecule has 0 aromatic carbocycles. The van der Waals surface area contributed by atoms with Gasteiger partial charge in [0.1, 0.15) is 0 Å². The minimum atomic E-state index is -0.694. The maximum absolute atomic E-state index is 9.54. The maximum Gasteiger partial charge on any atom is 0.0974 e. The molecule has 1 saturated heterocycles. The first kappa shape index (κ1) is 10.2. The number of nitrogen functional groups attached to an aromatic ring is 1. The molecule has 5 nitrogen and oxygen atoms in total. The fraction of sp³-hybridized carbons (Fsp3) is 0.500. The quantitative estimate of drug-likeness (QED) is 0.586. The summed E-state index contributed by atoms with van der Waals surface area (Å²) >= 11 is 0. The minimum absolute atomic E-state index is 0.423. The van der Waals surface area contributed by atoms with E-state index in [1.54, 1.807) is 12.4 Å². The molecule has 1 fully saturated rings. The number of piperidine rings is 1. The summed E-state index contributed by atoms with van der Waals surface area (Å²) in [6, 6.07) is 1.82. The zero-order valence-electron chi connectivity index (χ0n) is 8.37. The summed E-state index contributed by atoms with van der Waals surface area (Å²) in [4.78, 5) is 5.97. The lowest BCUT2D eigenvalue weighted by atomic mass is 10.0. The van der Waals surface area contributed by atoms with Crippen LogP contribution in [0.25, 0.3) is 0 Å². The Labute approximate surface area is 88.2 Å². The highest BCUT2D eigenvalue weighted by molar-refractivity contribution is 5.53. The molecule has 5 heteroatoms. The fourth-order valence-corrected chi connectivity index (χ4v) is 1.77. The summed E-state index contributed by atoms with van der Waals surface area (Å²) in [5, 5.41) is 18.9. The lowest BCUT2D eigenvalue weighted by molar-refractivity contribution is 0.00801. The normalized spacial score (nSPS) is 26.7. The number of rotatable bonds is 1. The predicted octanol–water partition coefficient (Wildman–Crippen LogP) is -0.404. The minimum Gasteiger partial charge on any atom is -0.397 e. The predicted molar refractivity (Wildman–Crippen MR) is 57.5 cm³/mol. The third-order valence-corrected chi connectivity index (χ3v) is 2.66. The molecule has 0 aliphatic carbocycles. The van der Waals surface area contributed by atoms with Crippen molar-refractivity contribution >= 4 is 11.4 Å². The number of nitrogens with two attached hydrogens (primary N) is 1. The van der Waals surface area contributed by atoms with Crippen LogP contribution >= 0.6 is 0 Å². The van der Waals surface area contributed by atoms with Gasteiger partial charge in [0.25, 0.3) is 0 Å². The van der Waals surface area contributed by atoms with Crippen LogP contribution in [0.15, 0.2) is 18.5 Å². The third-order valence-electron chi connectivity index (χ3n) is 2.66. The van der Waals surface area contributed by atoms with Crippen LogP contribution in [0.5, 0.6) is 0 Å². The Kier molecular flexibility index (Phi) is 2.75. The Morgan fingerprint density at radius 2 is 2.13 bits per heavy atom. The van der Waals surface area contributed by atoms with Gasteiger partial charge in [-0.15, -0.1) is 0 Å². The van der Waals surface area contributed by atoms with E-state index in [2.05, 4.69) is 4.98 Å². The topological polar surface area (TPSA) is 82.6 Å². The van der Waals surface area contributed by atoms with Gasteiger partial charge in [0.05, 0.1) is 29.8 Å². The Hall–Kier alpha value is -1.33. The molecule has 1 aliphatic rings. The van der Waals surface area contributed by atoms with E-state index in [1.165, 1.54) is 0 Å². The van der Waals surface area contributed by atoms with Gasteiger partial charge in [0.15, 0.2) is 0 Å². The molecule has 2 unspecified atom stereocenters. The molecular formula is C10H15N3O2. The molecule has 0 saturated carbocycles. The highest BCUT2D eigenvalue weighted by Crippen LogP contribution is 2.20. The van der Waals surface area contributed by atoms with Crippen LogP contribution in [-0.2, 0) is 0 Å². The monoisotopic (exact) mass is 209 g/mol. The Bertz CT molecular complexity index is 345. The standard InChI is InChI=1S/C10H15N3O2/c11-7-3-8(5-12-4-7)13-2-1-9(14)10(15)6-13/h3-5,9-10,14-15H,1-2,6,11H2. The van der Waals surface area contributed by atoms with Crippen LogP contribution in [0.2, 0.25) is 0 Å². The van der Waals surface area contributed by atoms with Crippen molar-refractivity contribution in [2.45, 2.75) is 18.6 Å². The van der Waals surface area contributed by atoms with E-state index >= 15 is 0 Å². The first-order valence-electron chi connectivity index (χ1n) is 4.98. The number of hydrogen-bond acceptors (Lipinski definition) is 5. The molecule has 2 rings (SSSR count). The number of aliphatic hydroxyl groups excluding tert-OH is 2. The number of nitrogens with zero attached hydrogens (tertiary/aromatic N) is 2. The van der Waals surface area contributed by atoms with Crippen molar-refractivity contribution in [1.29, 1.82) is 0 Å². The van der Waals surface area contributed by atoms with Crippen LogP contribution in [0.1, 0.15) is 6.42 Å². The molecule has 1 aromatic heterocycles. The molecule has 0 radical (unpaired) electrons. The third kappa shape index (κ3) is 2.19. The summed E-state index contributed by atoms with van der Waals surface area (Å²) in [6.07, 6.45) is 2.55. The van der Waals surface area contributed by atoms with Crippen molar-refractivity contribution in [2.24, 2.45) is 0 Å². The van der Waals surface area contributed by atoms with Crippen molar-refractivity contribution in [3.8, 4) is 0 Å². The molecule has 82 valence electrons. The first-order valence-corrected chi connectivity index (χ1v) is 4.98. The number of β-amino-alcohol motifs (C(OH)–C–C–N with tert-alkyl or cyclic N) is 1. The Balaban J connectivity index is 2.12. The van der Waals surface area contributed by atoms with Crippen molar-refractivity contribution in [3.05, 3.63) is 18.5 Å². The van der Waals surface area contributed by atoms with Gasteiger partial charge < -0.3 is 20.8 Å². The van der Waals surface area contributed by atoms with Crippen LogP contribution in [-0.4, -0.2) is 40.5 Å². The van der Waals surface area contributed by atoms with Crippen LogP contribution in [0.4, 0.5) is 11.4 Å². The molecule has 0 bridgehead atoms. The van der Waals surface area contributed by atoms with Gasteiger partial charge in [-0.2, -0.15) is 0 Å². The van der Waals surface area contributed by atoms with Gasteiger partial charge in [-0.25, -0.2) is 0 Å².